The molecule has 0 bridgehead atoms. The lowest BCUT2D eigenvalue weighted by Gasteiger charge is -2.09. The lowest BCUT2D eigenvalue weighted by atomic mass is 10.0. The maximum absolute atomic E-state index is 4.10. The molecule has 1 saturated carbocycles. The highest BCUT2D eigenvalue weighted by molar-refractivity contribution is 4.93. The first-order valence-corrected chi connectivity index (χ1v) is 5.82. The van der Waals surface area contributed by atoms with E-state index in [0.717, 1.165) is 24.7 Å². The fraction of sp³-hybridized carbons (Fsp3) is 0.818. The van der Waals surface area contributed by atoms with Crippen LogP contribution in [0.2, 0.25) is 0 Å². The summed E-state index contributed by atoms with van der Waals surface area (Å²) in [6.07, 6.45) is 7.02. The van der Waals surface area contributed by atoms with Gasteiger partial charge in [0.15, 0.2) is 0 Å². The Morgan fingerprint density at radius 3 is 3.00 bits per heavy atom. The number of rotatable bonds is 6. The second-order valence-electron chi connectivity index (χ2n) is 4.71. The number of hydrogen-bond donors (Lipinski definition) is 1. The molecule has 0 spiro atoms. The average molecular weight is 208 g/mol. The summed E-state index contributed by atoms with van der Waals surface area (Å²) < 4.78 is 1.77. The highest BCUT2D eigenvalue weighted by atomic mass is 15.4. The van der Waals surface area contributed by atoms with Crippen molar-refractivity contribution in [2.45, 2.75) is 38.6 Å². The highest BCUT2D eigenvalue weighted by Gasteiger charge is 2.20. The van der Waals surface area contributed by atoms with Crippen molar-refractivity contribution in [3.8, 4) is 0 Å². The first-order chi connectivity index (χ1) is 7.24. The van der Waals surface area contributed by atoms with Crippen LogP contribution in [0.1, 0.15) is 31.9 Å². The molecule has 0 saturated heterocycles. The molecule has 15 heavy (non-hydrogen) atoms. The maximum Gasteiger partial charge on any atom is 0.0829 e. The minimum absolute atomic E-state index is 0.688. The summed E-state index contributed by atoms with van der Waals surface area (Å²) in [6.45, 7) is 3.43. The van der Waals surface area contributed by atoms with Crippen molar-refractivity contribution in [2.75, 3.05) is 6.54 Å². The van der Waals surface area contributed by atoms with Crippen LogP contribution in [0.15, 0.2) is 6.20 Å². The molecule has 1 heterocycles. The molecule has 1 aliphatic carbocycles. The summed E-state index contributed by atoms with van der Waals surface area (Å²) in [5, 5.41) is 11.6. The Hall–Kier alpha value is -0.900. The predicted molar refractivity (Wildman–Crippen MR) is 59.5 cm³/mol. The van der Waals surface area contributed by atoms with Gasteiger partial charge in [0, 0.05) is 19.3 Å². The van der Waals surface area contributed by atoms with Gasteiger partial charge in [-0.3, -0.25) is 4.68 Å². The lowest BCUT2D eigenvalue weighted by Crippen LogP contribution is -2.20. The van der Waals surface area contributed by atoms with Crippen LogP contribution in [0.3, 0.4) is 0 Å². The van der Waals surface area contributed by atoms with Crippen molar-refractivity contribution in [3.05, 3.63) is 11.9 Å². The first-order valence-electron chi connectivity index (χ1n) is 5.82. The molecular formula is C11H20N4. The Morgan fingerprint density at radius 1 is 1.60 bits per heavy atom. The van der Waals surface area contributed by atoms with Gasteiger partial charge in [-0.25, -0.2) is 0 Å². The molecule has 1 atom stereocenters. The normalized spacial score (nSPS) is 18.0. The van der Waals surface area contributed by atoms with Crippen LogP contribution in [0.4, 0.5) is 0 Å². The van der Waals surface area contributed by atoms with Gasteiger partial charge in [0.25, 0.3) is 0 Å². The zero-order valence-electron chi connectivity index (χ0n) is 9.61. The van der Waals surface area contributed by atoms with E-state index in [1.807, 2.05) is 13.2 Å². The fourth-order valence-electron chi connectivity index (χ4n) is 1.77. The number of nitrogens with zero attached hydrogens (tertiary/aromatic N) is 3. The van der Waals surface area contributed by atoms with Crippen molar-refractivity contribution < 1.29 is 0 Å². The molecule has 0 amide bonds. The standard InChI is InChI=1S/C11H20N4/c1-9(5-6-12-10-3-4-10)7-11-8-15(2)14-13-11/h8-10,12H,3-7H2,1-2H3. The number of aromatic nitrogens is 3. The highest BCUT2D eigenvalue weighted by Crippen LogP contribution is 2.19. The van der Waals surface area contributed by atoms with E-state index >= 15 is 0 Å². The zero-order valence-corrected chi connectivity index (χ0v) is 9.61. The largest absolute Gasteiger partial charge is 0.314 e. The van der Waals surface area contributed by atoms with Crippen molar-refractivity contribution in [3.63, 3.8) is 0 Å². The quantitative estimate of drug-likeness (QED) is 0.762. The van der Waals surface area contributed by atoms with Gasteiger partial charge in [0.2, 0.25) is 0 Å². The van der Waals surface area contributed by atoms with E-state index in [-0.39, 0.29) is 0 Å². The van der Waals surface area contributed by atoms with Crippen LogP contribution in [0.5, 0.6) is 0 Å². The molecule has 0 aliphatic heterocycles. The molecule has 1 unspecified atom stereocenters. The van der Waals surface area contributed by atoms with Crippen LogP contribution in [-0.2, 0) is 13.5 Å². The van der Waals surface area contributed by atoms with E-state index < -0.39 is 0 Å². The summed E-state index contributed by atoms with van der Waals surface area (Å²) in [4.78, 5) is 0. The Bertz CT molecular complexity index is 303. The maximum atomic E-state index is 4.10. The molecular weight excluding hydrogens is 188 g/mol. The summed E-state index contributed by atoms with van der Waals surface area (Å²) in [5.74, 6) is 0.688. The summed E-state index contributed by atoms with van der Waals surface area (Å²) in [5.41, 5.74) is 1.11. The van der Waals surface area contributed by atoms with Gasteiger partial charge in [0.1, 0.15) is 0 Å². The summed E-state index contributed by atoms with van der Waals surface area (Å²) >= 11 is 0. The van der Waals surface area contributed by atoms with E-state index in [1.54, 1.807) is 4.68 Å². The molecule has 1 N–H and O–H groups in total. The van der Waals surface area contributed by atoms with Crippen LogP contribution < -0.4 is 5.32 Å². The first kappa shape index (κ1) is 10.6. The summed E-state index contributed by atoms with van der Waals surface area (Å²) in [6, 6.07) is 0.828. The molecule has 2 rings (SSSR count). The van der Waals surface area contributed by atoms with Gasteiger partial charge in [-0.05, 0) is 38.1 Å². The second kappa shape index (κ2) is 4.75. The number of hydrogen-bond acceptors (Lipinski definition) is 3. The molecule has 0 radical (unpaired) electrons. The minimum Gasteiger partial charge on any atom is -0.314 e. The molecule has 1 aromatic rings. The Morgan fingerprint density at radius 2 is 2.40 bits per heavy atom. The van der Waals surface area contributed by atoms with E-state index in [2.05, 4.69) is 22.6 Å². The predicted octanol–water partition coefficient (Wildman–Crippen LogP) is 1.14. The van der Waals surface area contributed by atoms with Crippen LogP contribution in [-0.4, -0.2) is 27.6 Å². The van der Waals surface area contributed by atoms with Crippen molar-refractivity contribution in [1.29, 1.82) is 0 Å². The van der Waals surface area contributed by atoms with Crippen LogP contribution >= 0.6 is 0 Å². The van der Waals surface area contributed by atoms with Crippen molar-refractivity contribution in [2.24, 2.45) is 13.0 Å². The van der Waals surface area contributed by atoms with Crippen molar-refractivity contribution in [1.82, 2.24) is 20.3 Å². The van der Waals surface area contributed by atoms with E-state index in [9.17, 15) is 0 Å². The van der Waals surface area contributed by atoms with E-state index in [0.29, 0.717) is 5.92 Å². The summed E-state index contributed by atoms with van der Waals surface area (Å²) in [7, 11) is 1.91. The van der Waals surface area contributed by atoms with Gasteiger partial charge in [-0.2, -0.15) is 0 Å². The van der Waals surface area contributed by atoms with Crippen LogP contribution in [0.25, 0.3) is 0 Å². The van der Waals surface area contributed by atoms with Gasteiger partial charge in [-0.1, -0.05) is 12.1 Å². The molecule has 0 aromatic carbocycles. The molecule has 4 nitrogen and oxygen atoms in total. The van der Waals surface area contributed by atoms with Gasteiger partial charge in [0.05, 0.1) is 5.69 Å². The van der Waals surface area contributed by atoms with Gasteiger partial charge in [-0.15, -0.1) is 5.10 Å². The Balaban J connectivity index is 1.64. The van der Waals surface area contributed by atoms with Gasteiger partial charge >= 0.3 is 0 Å². The Labute approximate surface area is 91.1 Å². The third-order valence-electron chi connectivity index (χ3n) is 2.86. The number of aryl methyl sites for hydroxylation is 1. The van der Waals surface area contributed by atoms with Gasteiger partial charge < -0.3 is 5.32 Å². The van der Waals surface area contributed by atoms with Crippen molar-refractivity contribution >= 4 is 0 Å². The molecule has 1 aromatic heterocycles. The third-order valence-corrected chi connectivity index (χ3v) is 2.86. The molecule has 84 valence electrons. The average Bonchev–Trinajstić information content (AvgIpc) is 2.91. The third kappa shape index (κ3) is 3.63. The fourth-order valence-corrected chi connectivity index (χ4v) is 1.77. The lowest BCUT2D eigenvalue weighted by molar-refractivity contribution is 0.493. The zero-order chi connectivity index (χ0) is 10.7. The smallest absolute Gasteiger partial charge is 0.0829 e. The van der Waals surface area contributed by atoms with E-state index in [4.69, 9.17) is 0 Å². The topological polar surface area (TPSA) is 42.7 Å². The Kier molecular flexibility index (Phi) is 3.36. The second-order valence-corrected chi connectivity index (χ2v) is 4.71. The molecule has 1 aliphatic rings. The monoisotopic (exact) mass is 208 g/mol. The van der Waals surface area contributed by atoms with Crippen LogP contribution in [0, 0.1) is 5.92 Å². The number of nitrogens with one attached hydrogen (secondary N) is 1. The van der Waals surface area contributed by atoms with E-state index in [1.165, 1.54) is 19.3 Å². The molecule has 1 fully saturated rings. The SMILES string of the molecule is CC(CCNC1CC1)Cc1cn(C)nn1. The minimum atomic E-state index is 0.688. The molecule has 4 heteroatoms.